The van der Waals surface area contributed by atoms with E-state index in [4.69, 9.17) is 4.74 Å². The van der Waals surface area contributed by atoms with Crippen molar-refractivity contribution < 1.29 is 4.74 Å². The van der Waals surface area contributed by atoms with Crippen LogP contribution < -0.4 is 5.32 Å². The molecule has 3 nitrogen and oxygen atoms in total. The maximum Gasteiger partial charge on any atom is 0.0758 e. The SMILES string of the molecule is Brc1ccc(CNCCC2CCCCO2)c2ncccc12. The average Bonchev–Trinajstić information content (AvgIpc) is 2.55. The molecule has 0 amide bonds. The van der Waals surface area contributed by atoms with Gasteiger partial charge >= 0.3 is 0 Å². The summed E-state index contributed by atoms with van der Waals surface area (Å²) < 4.78 is 6.86. The Hall–Kier alpha value is -0.970. The second-order valence-corrected chi connectivity index (χ2v) is 6.41. The number of ether oxygens (including phenoxy) is 1. The van der Waals surface area contributed by atoms with Crippen molar-refractivity contribution in [3.8, 4) is 0 Å². The molecule has 2 heterocycles. The van der Waals surface area contributed by atoms with Gasteiger partial charge in [0, 0.05) is 29.2 Å². The van der Waals surface area contributed by atoms with Crippen LogP contribution >= 0.6 is 15.9 Å². The molecule has 2 aromatic rings. The Morgan fingerprint density at radius 1 is 1.29 bits per heavy atom. The molecular formula is C17H21BrN2O. The third-order valence-electron chi connectivity index (χ3n) is 4.03. The number of hydrogen-bond donors (Lipinski definition) is 1. The predicted octanol–water partition coefficient (Wildman–Crippen LogP) is 4.05. The van der Waals surface area contributed by atoms with E-state index in [-0.39, 0.29) is 0 Å². The summed E-state index contributed by atoms with van der Waals surface area (Å²) in [4.78, 5) is 4.52. The molecule has 1 aliphatic rings. The standard InChI is InChI=1S/C17H21BrN2O/c18-16-7-6-13(17-15(16)5-3-9-20-17)12-19-10-8-14-4-1-2-11-21-14/h3,5-7,9,14,19H,1-2,4,8,10-12H2. The number of hydrogen-bond acceptors (Lipinski definition) is 3. The highest BCUT2D eigenvalue weighted by atomic mass is 79.9. The zero-order valence-electron chi connectivity index (χ0n) is 12.1. The van der Waals surface area contributed by atoms with E-state index in [1.165, 1.54) is 30.2 Å². The normalized spacial score (nSPS) is 19.0. The molecule has 1 N–H and O–H groups in total. The van der Waals surface area contributed by atoms with Gasteiger partial charge in [0.1, 0.15) is 0 Å². The number of aromatic nitrogens is 1. The zero-order chi connectivity index (χ0) is 14.5. The van der Waals surface area contributed by atoms with Crippen molar-refractivity contribution in [2.75, 3.05) is 13.2 Å². The fraction of sp³-hybridized carbons (Fsp3) is 0.471. The van der Waals surface area contributed by atoms with Crippen molar-refractivity contribution in [3.63, 3.8) is 0 Å². The van der Waals surface area contributed by atoms with Gasteiger partial charge in [-0.05, 0) is 49.9 Å². The minimum Gasteiger partial charge on any atom is -0.378 e. The maximum atomic E-state index is 5.76. The second kappa shape index (κ2) is 7.34. The van der Waals surface area contributed by atoms with Crippen molar-refractivity contribution in [1.29, 1.82) is 0 Å². The summed E-state index contributed by atoms with van der Waals surface area (Å²) in [5.41, 5.74) is 2.33. The summed E-state index contributed by atoms with van der Waals surface area (Å²) in [6.07, 6.45) is 7.15. The van der Waals surface area contributed by atoms with E-state index in [9.17, 15) is 0 Å². The molecular weight excluding hydrogens is 328 g/mol. The lowest BCUT2D eigenvalue weighted by molar-refractivity contribution is 0.0115. The minimum absolute atomic E-state index is 0.450. The van der Waals surface area contributed by atoms with E-state index in [0.717, 1.165) is 36.1 Å². The van der Waals surface area contributed by atoms with Gasteiger partial charge in [-0.25, -0.2) is 0 Å². The topological polar surface area (TPSA) is 34.1 Å². The van der Waals surface area contributed by atoms with Crippen molar-refractivity contribution in [3.05, 3.63) is 40.5 Å². The molecule has 112 valence electrons. The first-order valence-corrected chi connectivity index (χ1v) is 8.48. The summed E-state index contributed by atoms with van der Waals surface area (Å²) in [7, 11) is 0. The molecule has 1 unspecified atom stereocenters. The molecule has 0 aliphatic carbocycles. The minimum atomic E-state index is 0.450. The Bertz CT molecular complexity index is 596. The van der Waals surface area contributed by atoms with Gasteiger partial charge in [-0.3, -0.25) is 4.98 Å². The van der Waals surface area contributed by atoms with Crippen LogP contribution in [0, 0.1) is 0 Å². The maximum absolute atomic E-state index is 5.76. The van der Waals surface area contributed by atoms with E-state index in [1.807, 2.05) is 12.3 Å². The summed E-state index contributed by atoms with van der Waals surface area (Å²) >= 11 is 3.59. The van der Waals surface area contributed by atoms with Crippen molar-refractivity contribution in [2.24, 2.45) is 0 Å². The van der Waals surface area contributed by atoms with Crippen LogP contribution in [0.5, 0.6) is 0 Å². The zero-order valence-corrected chi connectivity index (χ0v) is 13.7. The molecule has 0 saturated carbocycles. The van der Waals surface area contributed by atoms with Crippen molar-refractivity contribution in [1.82, 2.24) is 10.3 Å². The Morgan fingerprint density at radius 2 is 2.24 bits per heavy atom. The predicted molar refractivity (Wildman–Crippen MR) is 89.4 cm³/mol. The molecule has 1 aromatic heterocycles. The van der Waals surface area contributed by atoms with Crippen LogP contribution in [0.4, 0.5) is 0 Å². The average molecular weight is 349 g/mol. The van der Waals surface area contributed by atoms with E-state index in [2.05, 4.69) is 44.4 Å². The van der Waals surface area contributed by atoms with Gasteiger partial charge in [-0.2, -0.15) is 0 Å². The van der Waals surface area contributed by atoms with Crippen LogP contribution in [0.25, 0.3) is 10.9 Å². The molecule has 1 aliphatic heterocycles. The number of nitrogens with zero attached hydrogens (tertiary/aromatic N) is 1. The smallest absolute Gasteiger partial charge is 0.0758 e. The van der Waals surface area contributed by atoms with E-state index in [1.54, 1.807) is 0 Å². The molecule has 0 radical (unpaired) electrons. The van der Waals surface area contributed by atoms with Gasteiger partial charge in [0.15, 0.2) is 0 Å². The summed E-state index contributed by atoms with van der Waals surface area (Å²) in [6.45, 7) is 2.79. The first-order valence-electron chi connectivity index (χ1n) is 7.69. The molecule has 1 saturated heterocycles. The first kappa shape index (κ1) is 14.9. The first-order chi connectivity index (χ1) is 10.3. The highest BCUT2D eigenvalue weighted by molar-refractivity contribution is 9.10. The number of halogens is 1. The van der Waals surface area contributed by atoms with Crippen LogP contribution in [-0.4, -0.2) is 24.2 Å². The third kappa shape index (κ3) is 3.82. The molecule has 1 aromatic carbocycles. The van der Waals surface area contributed by atoms with E-state index in [0.29, 0.717) is 6.10 Å². The lowest BCUT2D eigenvalue weighted by atomic mass is 10.1. The van der Waals surface area contributed by atoms with Crippen LogP contribution in [0.2, 0.25) is 0 Å². The molecule has 3 rings (SSSR count). The number of pyridine rings is 1. The fourth-order valence-electron chi connectivity index (χ4n) is 2.86. The number of benzene rings is 1. The fourth-order valence-corrected chi connectivity index (χ4v) is 3.31. The molecule has 0 bridgehead atoms. The summed E-state index contributed by atoms with van der Waals surface area (Å²) in [5.74, 6) is 0. The van der Waals surface area contributed by atoms with Crippen LogP contribution in [0.15, 0.2) is 34.9 Å². The largest absolute Gasteiger partial charge is 0.378 e. The van der Waals surface area contributed by atoms with Crippen LogP contribution in [0.3, 0.4) is 0 Å². The number of rotatable bonds is 5. The monoisotopic (exact) mass is 348 g/mol. The molecule has 4 heteroatoms. The molecule has 21 heavy (non-hydrogen) atoms. The van der Waals surface area contributed by atoms with Gasteiger partial charge in [-0.1, -0.05) is 28.1 Å². The number of nitrogens with one attached hydrogen (secondary N) is 1. The summed E-state index contributed by atoms with van der Waals surface area (Å²) in [5, 5.41) is 4.70. The lowest BCUT2D eigenvalue weighted by Gasteiger charge is -2.22. The van der Waals surface area contributed by atoms with Gasteiger partial charge in [0.05, 0.1) is 11.6 Å². The lowest BCUT2D eigenvalue weighted by Crippen LogP contribution is -2.25. The Balaban J connectivity index is 1.57. The van der Waals surface area contributed by atoms with E-state index < -0.39 is 0 Å². The Labute approximate surface area is 134 Å². The van der Waals surface area contributed by atoms with Gasteiger partial charge < -0.3 is 10.1 Å². The quantitative estimate of drug-likeness (QED) is 0.827. The molecule has 1 atom stereocenters. The highest BCUT2D eigenvalue weighted by Gasteiger charge is 2.13. The molecule has 0 spiro atoms. The number of fused-ring (bicyclic) bond motifs is 1. The highest BCUT2D eigenvalue weighted by Crippen LogP contribution is 2.25. The second-order valence-electron chi connectivity index (χ2n) is 5.56. The van der Waals surface area contributed by atoms with Crippen molar-refractivity contribution >= 4 is 26.8 Å². The van der Waals surface area contributed by atoms with Gasteiger partial charge in [0.2, 0.25) is 0 Å². The van der Waals surface area contributed by atoms with Crippen LogP contribution in [0.1, 0.15) is 31.2 Å². The van der Waals surface area contributed by atoms with Gasteiger partial charge in [0.25, 0.3) is 0 Å². The Kier molecular flexibility index (Phi) is 5.22. The molecule has 1 fully saturated rings. The third-order valence-corrected chi connectivity index (χ3v) is 4.72. The van der Waals surface area contributed by atoms with E-state index >= 15 is 0 Å². The van der Waals surface area contributed by atoms with Crippen molar-refractivity contribution in [2.45, 2.75) is 38.3 Å². The Morgan fingerprint density at radius 3 is 3.10 bits per heavy atom. The van der Waals surface area contributed by atoms with Gasteiger partial charge in [-0.15, -0.1) is 0 Å². The van der Waals surface area contributed by atoms with Crippen LogP contribution in [-0.2, 0) is 11.3 Å². The summed E-state index contributed by atoms with van der Waals surface area (Å²) in [6, 6.07) is 8.32.